The molecule has 0 spiro atoms. The molecule has 5 nitrogen and oxygen atoms in total. The topological polar surface area (TPSA) is 70.1 Å². The van der Waals surface area contributed by atoms with Gasteiger partial charge in [0, 0.05) is 19.4 Å². The molecule has 18 heavy (non-hydrogen) atoms. The van der Waals surface area contributed by atoms with Gasteiger partial charge in [-0.25, -0.2) is 4.98 Å². The standard InChI is InChI=1S/C13H15N3O2/c1-16-9-8-15-12(13(16)17)18-11-4-2-10(3-5-11)6-7-14/h2-5,8-9H,6-7,14H2,1H3. The minimum atomic E-state index is -0.261. The molecule has 0 fully saturated rings. The van der Waals surface area contributed by atoms with Gasteiger partial charge in [-0.1, -0.05) is 12.1 Å². The number of benzene rings is 1. The molecule has 5 heteroatoms. The number of rotatable bonds is 4. The lowest BCUT2D eigenvalue weighted by atomic mass is 10.1. The van der Waals surface area contributed by atoms with Crippen LogP contribution in [0.1, 0.15) is 5.56 Å². The van der Waals surface area contributed by atoms with E-state index in [1.807, 2.05) is 12.1 Å². The third-order valence-electron chi connectivity index (χ3n) is 2.56. The van der Waals surface area contributed by atoms with Crippen LogP contribution in [0.2, 0.25) is 0 Å². The Labute approximate surface area is 105 Å². The molecule has 0 bridgehead atoms. The minimum Gasteiger partial charge on any atom is -0.435 e. The molecule has 0 radical (unpaired) electrons. The molecule has 1 aromatic heterocycles. The van der Waals surface area contributed by atoms with E-state index in [1.165, 1.54) is 10.8 Å². The average molecular weight is 245 g/mol. The van der Waals surface area contributed by atoms with Crippen molar-refractivity contribution in [3.8, 4) is 11.6 Å². The summed E-state index contributed by atoms with van der Waals surface area (Å²) in [6, 6.07) is 7.46. The number of hydrogen-bond acceptors (Lipinski definition) is 4. The van der Waals surface area contributed by atoms with Crippen LogP contribution in [-0.2, 0) is 13.5 Å². The second kappa shape index (κ2) is 5.46. The lowest BCUT2D eigenvalue weighted by Gasteiger charge is -2.06. The molecule has 2 aromatic rings. The number of ether oxygens (including phenoxy) is 1. The Morgan fingerprint density at radius 3 is 2.72 bits per heavy atom. The summed E-state index contributed by atoms with van der Waals surface area (Å²) in [6.07, 6.45) is 3.94. The zero-order chi connectivity index (χ0) is 13.0. The predicted molar refractivity (Wildman–Crippen MR) is 68.8 cm³/mol. The van der Waals surface area contributed by atoms with Gasteiger partial charge in [0.2, 0.25) is 0 Å². The van der Waals surface area contributed by atoms with Crippen LogP contribution in [0.4, 0.5) is 0 Å². The minimum absolute atomic E-state index is 0.0755. The number of aryl methyl sites for hydroxylation is 1. The van der Waals surface area contributed by atoms with Gasteiger partial charge in [0.05, 0.1) is 0 Å². The van der Waals surface area contributed by atoms with E-state index in [0.717, 1.165) is 12.0 Å². The second-order valence-electron chi connectivity index (χ2n) is 3.93. The van der Waals surface area contributed by atoms with Gasteiger partial charge >= 0.3 is 5.56 Å². The van der Waals surface area contributed by atoms with E-state index in [-0.39, 0.29) is 11.4 Å². The monoisotopic (exact) mass is 245 g/mol. The molecule has 0 atom stereocenters. The van der Waals surface area contributed by atoms with Crippen LogP contribution < -0.4 is 16.0 Å². The summed E-state index contributed by atoms with van der Waals surface area (Å²) in [7, 11) is 1.65. The summed E-state index contributed by atoms with van der Waals surface area (Å²) in [5.74, 6) is 0.665. The predicted octanol–water partition coefficient (Wildman–Crippen LogP) is 1.07. The van der Waals surface area contributed by atoms with E-state index in [2.05, 4.69) is 4.98 Å². The first-order chi connectivity index (χ1) is 8.70. The Bertz CT molecular complexity index is 576. The molecule has 0 aliphatic rings. The van der Waals surface area contributed by atoms with Crippen LogP contribution in [0.25, 0.3) is 0 Å². The molecule has 0 aliphatic heterocycles. The molecule has 1 heterocycles. The molecular formula is C13H15N3O2. The van der Waals surface area contributed by atoms with E-state index in [9.17, 15) is 4.79 Å². The summed E-state index contributed by atoms with van der Waals surface area (Å²) < 4.78 is 6.87. The van der Waals surface area contributed by atoms with Gasteiger partial charge in [-0.05, 0) is 30.7 Å². The smallest absolute Gasteiger partial charge is 0.313 e. The Balaban J connectivity index is 2.18. The summed E-state index contributed by atoms with van der Waals surface area (Å²) in [5.41, 5.74) is 6.35. The Kier molecular flexibility index (Phi) is 3.74. The van der Waals surface area contributed by atoms with Gasteiger partial charge in [0.25, 0.3) is 5.88 Å². The van der Waals surface area contributed by atoms with Crippen LogP contribution in [0.3, 0.4) is 0 Å². The van der Waals surface area contributed by atoms with Gasteiger partial charge in [-0.15, -0.1) is 0 Å². The van der Waals surface area contributed by atoms with Crippen molar-refractivity contribution in [1.82, 2.24) is 9.55 Å². The van der Waals surface area contributed by atoms with Crippen molar-refractivity contribution in [1.29, 1.82) is 0 Å². The second-order valence-corrected chi connectivity index (χ2v) is 3.93. The molecular weight excluding hydrogens is 230 g/mol. The maximum absolute atomic E-state index is 11.7. The van der Waals surface area contributed by atoms with E-state index < -0.39 is 0 Å². The zero-order valence-corrected chi connectivity index (χ0v) is 10.2. The first kappa shape index (κ1) is 12.3. The lowest BCUT2D eigenvalue weighted by molar-refractivity contribution is 0.448. The van der Waals surface area contributed by atoms with Crippen molar-refractivity contribution in [3.05, 3.63) is 52.6 Å². The first-order valence-corrected chi connectivity index (χ1v) is 5.69. The molecule has 0 saturated heterocycles. The zero-order valence-electron chi connectivity index (χ0n) is 10.2. The third-order valence-corrected chi connectivity index (χ3v) is 2.56. The van der Waals surface area contributed by atoms with Crippen LogP contribution >= 0.6 is 0 Å². The van der Waals surface area contributed by atoms with Gasteiger partial charge in [-0.3, -0.25) is 4.79 Å². The number of hydrogen-bond donors (Lipinski definition) is 1. The first-order valence-electron chi connectivity index (χ1n) is 5.69. The van der Waals surface area contributed by atoms with E-state index in [4.69, 9.17) is 10.5 Å². The van der Waals surface area contributed by atoms with Gasteiger partial charge in [0.1, 0.15) is 5.75 Å². The van der Waals surface area contributed by atoms with Crippen LogP contribution in [0.15, 0.2) is 41.5 Å². The maximum atomic E-state index is 11.7. The maximum Gasteiger partial charge on any atom is 0.313 e. The summed E-state index contributed by atoms with van der Waals surface area (Å²) in [5, 5.41) is 0. The third kappa shape index (κ3) is 2.75. The molecule has 94 valence electrons. The van der Waals surface area contributed by atoms with E-state index in [1.54, 1.807) is 25.4 Å². The van der Waals surface area contributed by atoms with Crippen LogP contribution in [-0.4, -0.2) is 16.1 Å². The number of nitrogens with two attached hydrogens (primary N) is 1. The van der Waals surface area contributed by atoms with Crippen molar-refractivity contribution in [2.75, 3.05) is 6.54 Å². The molecule has 0 amide bonds. The Morgan fingerprint density at radius 1 is 1.33 bits per heavy atom. The fourth-order valence-electron chi connectivity index (χ4n) is 1.55. The summed E-state index contributed by atoms with van der Waals surface area (Å²) in [4.78, 5) is 15.6. The van der Waals surface area contributed by atoms with Crippen molar-refractivity contribution < 1.29 is 4.74 Å². The quantitative estimate of drug-likeness (QED) is 0.874. The van der Waals surface area contributed by atoms with Crippen LogP contribution in [0.5, 0.6) is 11.6 Å². The van der Waals surface area contributed by atoms with Crippen molar-refractivity contribution >= 4 is 0 Å². The van der Waals surface area contributed by atoms with Crippen molar-refractivity contribution in [3.63, 3.8) is 0 Å². The van der Waals surface area contributed by atoms with Crippen molar-refractivity contribution in [2.45, 2.75) is 6.42 Å². The SMILES string of the molecule is Cn1ccnc(Oc2ccc(CCN)cc2)c1=O. The fraction of sp³-hybridized carbons (Fsp3) is 0.231. The number of aromatic nitrogens is 2. The average Bonchev–Trinajstić information content (AvgIpc) is 2.38. The summed E-state index contributed by atoms with van der Waals surface area (Å²) >= 11 is 0. The van der Waals surface area contributed by atoms with Gasteiger partial charge < -0.3 is 15.0 Å². The highest BCUT2D eigenvalue weighted by Crippen LogP contribution is 2.17. The van der Waals surface area contributed by atoms with E-state index >= 15 is 0 Å². The molecule has 0 unspecified atom stereocenters. The van der Waals surface area contributed by atoms with Crippen LogP contribution in [0, 0.1) is 0 Å². The molecule has 2 N–H and O–H groups in total. The highest BCUT2D eigenvalue weighted by Gasteiger charge is 2.05. The summed E-state index contributed by atoms with van der Waals surface area (Å²) in [6.45, 7) is 0.612. The van der Waals surface area contributed by atoms with Gasteiger partial charge in [-0.2, -0.15) is 0 Å². The number of nitrogens with zero attached hydrogens (tertiary/aromatic N) is 2. The molecule has 1 aromatic carbocycles. The van der Waals surface area contributed by atoms with Gasteiger partial charge in [0.15, 0.2) is 0 Å². The Morgan fingerprint density at radius 2 is 2.06 bits per heavy atom. The highest BCUT2D eigenvalue weighted by atomic mass is 16.5. The largest absolute Gasteiger partial charge is 0.435 e. The van der Waals surface area contributed by atoms with E-state index in [0.29, 0.717) is 12.3 Å². The normalized spacial score (nSPS) is 10.3. The molecule has 2 rings (SSSR count). The highest BCUT2D eigenvalue weighted by molar-refractivity contribution is 5.30. The van der Waals surface area contributed by atoms with Crippen molar-refractivity contribution in [2.24, 2.45) is 12.8 Å². The molecule has 0 aliphatic carbocycles. The molecule has 0 saturated carbocycles. The lowest BCUT2D eigenvalue weighted by Crippen LogP contribution is -2.18. The fourth-order valence-corrected chi connectivity index (χ4v) is 1.55. The Hall–Kier alpha value is -2.14.